The number of benzene rings is 1. The third-order valence-corrected chi connectivity index (χ3v) is 4.91. The molecular formula is C18H25N5O2. The second kappa shape index (κ2) is 7.13. The standard InChI is InChI=1S/C18H25N5O2/c1-11-8-14-15(9-12(11)2)22-16(21-14)5-6-20-17(24)13-4-3-7-23(10-13)18(19)25/h8-9,13H,3-7,10H2,1-2H3,(H2,19,25)(H,20,24)(H,21,22). The van der Waals surface area contributed by atoms with Gasteiger partial charge in [-0.15, -0.1) is 0 Å². The summed E-state index contributed by atoms with van der Waals surface area (Å²) in [5, 5.41) is 2.95. The fourth-order valence-electron chi connectivity index (χ4n) is 3.28. The Labute approximate surface area is 147 Å². The smallest absolute Gasteiger partial charge is 0.314 e. The minimum Gasteiger partial charge on any atom is -0.355 e. The SMILES string of the molecule is Cc1cc2nc(CCNC(=O)C3CCCN(C(N)=O)C3)[nH]c2cc1C. The summed E-state index contributed by atoms with van der Waals surface area (Å²) in [7, 11) is 0. The van der Waals surface area contributed by atoms with Gasteiger partial charge < -0.3 is 20.9 Å². The second-order valence-electron chi connectivity index (χ2n) is 6.80. The van der Waals surface area contributed by atoms with E-state index in [1.807, 2.05) is 0 Å². The predicted octanol–water partition coefficient (Wildman–Crippen LogP) is 1.63. The first kappa shape index (κ1) is 17.3. The summed E-state index contributed by atoms with van der Waals surface area (Å²) in [4.78, 5) is 33.0. The van der Waals surface area contributed by atoms with E-state index >= 15 is 0 Å². The van der Waals surface area contributed by atoms with Crippen LogP contribution in [0, 0.1) is 19.8 Å². The number of aryl methyl sites for hydroxylation is 2. The fourth-order valence-corrected chi connectivity index (χ4v) is 3.28. The molecule has 1 aliphatic heterocycles. The lowest BCUT2D eigenvalue weighted by Gasteiger charge is -2.30. The summed E-state index contributed by atoms with van der Waals surface area (Å²) in [6.07, 6.45) is 2.24. The lowest BCUT2D eigenvalue weighted by molar-refractivity contribution is -0.126. The van der Waals surface area contributed by atoms with Crippen molar-refractivity contribution in [3.63, 3.8) is 0 Å². The zero-order valence-corrected chi connectivity index (χ0v) is 14.8. The number of fused-ring (bicyclic) bond motifs is 1. The Morgan fingerprint density at radius 1 is 1.36 bits per heavy atom. The molecule has 1 saturated heterocycles. The van der Waals surface area contributed by atoms with Crippen molar-refractivity contribution < 1.29 is 9.59 Å². The molecule has 1 atom stereocenters. The van der Waals surface area contributed by atoms with E-state index in [0.717, 1.165) is 29.7 Å². The van der Waals surface area contributed by atoms with Crippen molar-refractivity contribution >= 4 is 23.0 Å². The van der Waals surface area contributed by atoms with Gasteiger partial charge in [0.05, 0.1) is 17.0 Å². The molecule has 134 valence electrons. The topological polar surface area (TPSA) is 104 Å². The number of aromatic nitrogens is 2. The number of likely N-dealkylation sites (tertiary alicyclic amines) is 1. The number of nitrogens with zero attached hydrogens (tertiary/aromatic N) is 2. The zero-order chi connectivity index (χ0) is 18.0. The molecule has 7 nitrogen and oxygen atoms in total. The molecule has 0 bridgehead atoms. The molecule has 0 spiro atoms. The lowest BCUT2D eigenvalue weighted by Crippen LogP contribution is -2.47. The Morgan fingerprint density at radius 3 is 2.88 bits per heavy atom. The summed E-state index contributed by atoms with van der Waals surface area (Å²) in [5.41, 5.74) is 9.73. The van der Waals surface area contributed by atoms with E-state index < -0.39 is 6.03 Å². The summed E-state index contributed by atoms with van der Waals surface area (Å²) in [5.74, 6) is 0.665. The number of nitrogens with two attached hydrogens (primary N) is 1. The zero-order valence-electron chi connectivity index (χ0n) is 14.8. The number of amides is 3. The van der Waals surface area contributed by atoms with Crippen LogP contribution in [0.5, 0.6) is 0 Å². The third-order valence-electron chi connectivity index (χ3n) is 4.91. The van der Waals surface area contributed by atoms with Crippen LogP contribution in [-0.4, -0.2) is 46.4 Å². The normalized spacial score (nSPS) is 17.7. The number of carbonyl (C=O) groups excluding carboxylic acids is 2. The van der Waals surface area contributed by atoms with E-state index in [-0.39, 0.29) is 11.8 Å². The highest BCUT2D eigenvalue weighted by Crippen LogP contribution is 2.18. The van der Waals surface area contributed by atoms with Gasteiger partial charge in [-0.25, -0.2) is 9.78 Å². The molecule has 2 aromatic rings. The number of rotatable bonds is 4. The van der Waals surface area contributed by atoms with Crippen LogP contribution in [0.2, 0.25) is 0 Å². The molecule has 1 aromatic heterocycles. The number of hydrogen-bond acceptors (Lipinski definition) is 3. The maximum atomic E-state index is 12.3. The number of piperidine rings is 1. The van der Waals surface area contributed by atoms with E-state index in [4.69, 9.17) is 5.73 Å². The van der Waals surface area contributed by atoms with Gasteiger partial charge in [0, 0.05) is 26.1 Å². The Morgan fingerprint density at radius 2 is 2.12 bits per heavy atom. The number of hydrogen-bond donors (Lipinski definition) is 3. The molecule has 4 N–H and O–H groups in total. The molecule has 1 unspecified atom stereocenters. The minimum absolute atomic E-state index is 0.0197. The Bertz CT molecular complexity index is 759. The number of imidazole rings is 1. The second-order valence-corrected chi connectivity index (χ2v) is 6.80. The van der Waals surface area contributed by atoms with Crippen LogP contribution in [-0.2, 0) is 11.2 Å². The van der Waals surface area contributed by atoms with Crippen LogP contribution in [0.3, 0.4) is 0 Å². The van der Waals surface area contributed by atoms with Gasteiger partial charge in [0.15, 0.2) is 0 Å². The summed E-state index contributed by atoms with van der Waals surface area (Å²) >= 11 is 0. The Hall–Kier alpha value is -2.57. The van der Waals surface area contributed by atoms with Gasteiger partial charge >= 0.3 is 6.03 Å². The number of H-pyrrole nitrogens is 1. The van der Waals surface area contributed by atoms with E-state index in [1.54, 1.807) is 0 Å². The molecule has 7 heteroatoms. The van der Waals surface area contributed by atoms with Crippen molar-refractivity contribution in [1.29, 1.82) is 0 Å². The maximum absolute atomic E-state index is 12.3. The van der Waals surface area contributed by atoms with Crippen LogP contribution >= 0.6 is 0 Å². The first-order chi connectivity index (χ1) is 11.9. The highest BCUT2D eigenvalue weighted by molar-refractivity contribution is 5.80. The predicted molar refractivity (Wildman–Crippen MR) is 96.2 cm³/mol. The molecule has 3 amide bonds. The van der Waals surface area contributed by atoms with Crippen molar-refractivity contribution in [1.82, 2.24) is 20.2 Å². The largest absolute Gasteiger partial charge is 0.355 e. The monoisotopic (exact) mass is 343 g/mol. The first-order valence-corrected chi connectivity index (χ1v) is 8.72. The molecule has 1 aromatic carbocycles. The van der Waals surface area contributed by atoms with E-state index in [0.29, 0.717) is 26.1 Å². The number of aromatic amines is 1. The Balaban J connectivity index is 1.54. The summed E-state index contributed by atoms with van der Waals surface area (Å²) in [6, 6.07) is 3.72. The van der Waals surface area contributed by atoms with Crippen molar-refractivity contribution in [2.45, 2.75) is 33.1 Å². The lowest BCUT2D eigenvalue weighted by atomic mass is 9.97. The van der Waals surface area contributed by atoms with E-state index in [2.05, 4.69) is 41.3 Å². The quantitative estimate of drug-likeness (QED) is 0.786. The highest BCUT2D eigenvalue weighted by atomic mass is 16.2. The molecule has 25 heavy (non-hydrogen) atoms. The molecule has 0 saturated carbocycles. The number of primary amides is 1. The van der Waals surface area contributed by atoms with E-state index in [9.17, 15) is 9.59 Å². The molecule has 0 radical (unpaired) electrons. The van der Waals surface area contributed by atoms with Gasteiger partial charge in [-0.2, -0.15) is 0 Å². The minimum atomic E-state index is -0.453. The highest BCUT2D eigenvalue weighted by Gasteiger charge is 2.27. The van der Waals surface area contributed by atoms with Gasteiger partial charge in [0.25, 0.3) is 0 Å². The van der Waals surface area contributed by atoms with Crippen LogP contribution in [0.25, 0.3) is 11.0 Å². The van der Waals surface area contributed by atoms with Gasteiger partial charge in [-0.3, -0.25) is 4.79 Å². The van der Waals surface area contributed by atoms with Crippen LogP contribution < -0.4 is 11.1 Å². The van der Waals surface area contributed by atoms with Crippen LogP contribution in [0.4, 0.5) is 4.79 Å². The van der Waals surface area contributed by atoms with Crippen molar-refractivity contribution in [3.8, 4) is 0 Å². The molecular weight excluding hydrogens is 318 g/mol. The van der Waals surface area contributed by atoms with Gasteiger partial charge in [-0.05, 0) is 49.9 Å². The summed E-state index contributed by atoms with van der Waals surface area (Å²) in [6.45, 7) is 5.71. The maximum Gasteiger partial charge on any atom is 0.314 e. The van der Waals surface area contributed by atoms with Gasteiger partial charge in [0.1, 0.15) is 5.82 Å². The number of nitrogens with one attached hydrogen (secondary N) is 2. The molecule has 2 heterocycles. The first-order valence-electron chi connectivity index (χ1n) is 8.72. The average Bonchev–Trinajstić information content (AvgIpc) is 2.96. The van der Waals surface area contributed by atoms with Crippen molar-refractivity contribution in [2.75, 3.05) is 19.6 Å². The molecule has 1 aliphatic rings. The fraction of sp³-hybridized carbons (Fsp3) is 0.500. The molecule has 0 aliphatic carbocycles. The third kappa shape index (κ3) is 3.92. The number of carbonyl (C=O) groups is 2. The van der Waals surface area contributed by atoms with E-state index in [1.165, 1.54) is 16.0 Å². The van der Waals surface area contributed by atoms with Gasteiger partial charge in [0.2, 0.25) is 5.91 Å². The average molecular weight is 343 g/mol. The van der Waals surface area contributed by atoms with Crippen molar-refractivity contribution in [2.24, 2.45) is 11.7 Å². The van der Waals surface area contributed by atoms with Crippen LogP contribution in [0.15, 0.2) is 12.1 Å². The van der Waals surface area contributed by atoms with Crippen molar-refractivity contribution in [3.05, 3.63) is 29.1 Å². The number of urea groups is 1. The summed E-state index contributed by atoms with van der Waals surface area (Å²) < 4.78 is 0. The van der Waals surface area contributed by atoms with Gasteiger partial charge in [-0.1, -0.05) is 0 Å². The molecule has 1 fully saturated rings. The molecule has 3 rings (SSSR count). The van der Waals surface area contributed by atoms with Crippen LogP contribution in [0.1, 0.15) is 29.8 Å². The Kier molecular flexibility index (Phi) is 4.92.